The van der Waals surface area contributed by atoms with Crippen molar-refractivity contribution in [2.45, 2.75) is 6.10 Å². The van der Waals surface area contributed by atoms with Gasteiger partial charge in [0.15, 0.2) is 11.5 Å². The molecule has 1 aromatic heterocycles. The highest BCUT2D eigenvalue weighted by molar-refractivity contribution is 5.94. The first kappa shape index (κ1) is 23.4. The lowest BCUT2D eigenvalue weighted by atomic mass is 10.1. The van der Waals surface area contributed by atoms with Gasteiger partial charge in [0.1, 0.15) is 25.1 Å². The second-order valence-electron chi connectivity index (χ2n) is 8.14. The fraction of sp³-hybridized carbons (Fsp3) is 0.308. The van der Waals surface area contributed by atoms with E-state index in [1.54, 1.807) is 37.4 Å². The summed E-state index contributed by atoms with van der Waals surface area (Å²) in [6.07, 6.45) is -0.336. The summed E-state index contributed by atoms with van der Waals surface area (Å²) in [7, 11) is 5.57. The highest BCUT2D eigenvalue weighted by Gasteiger charge is 2.25. The quantitative estimate of drug-likeness (QED) is 0.522. The van der Waals surface area contributed by atoms with E-state index in [4.69, 9.17) is 18.9 Å². The third kappa shape index (κ3) is 5.77. The molecule has 34 heavy (non-hydrogen) atoms. The van der Waals surface area contributed by atoms with E-state index in [-0.39, 0.29) is 12.0 Å². The summed E-state index contributed by atoms with van der Waals surface area (Å²) in [5.41, 5.74) is 2.08. The van der Waals surface area contributed by atoms with E-state index in [9.17, 15) is 4.79 Å². The van der Waals surface area contributed by atoms with Gasteiger partial charge in [-0.1, -0.05) is 12.1 Å². The van der Waals surface area contributed by atoms with Crippen molar-refractivity contribution in [3.63, 3.8) is 0 Å². The van der Waals surface area contributed by atoms with Crippen LogP contribution in [0.4, 0.5) is 0 Å². The lowest BCUT2D eigenvalue weighted by molar-refractivity contribution is 0.0793. The number of ether oxygens (including phenoxy) is 4. The molecule has 0 fully saturated rings. The number of rotatable bonds is 9. The van der Waals surface area contributed by atoms with E-state index in [2.05, 4.69) is 10.3 Å². The molecule has 8 nitrogen and oxygen atoms in total. The molecule has 0 spiro atoms. The van der Waals surface area contributed by atoms with Gasteiger partial charge in [-0.15, -0.1) is 0 Å². The van der Waals surface area contributed by atoms with Crippen molar-refractivity contribution >= 4 is 5.91 Å². The van der Waals surface area contributed by atoms with Crippen molar-refractivity contribution in [2.75, 3.05) is 47.5 Å². The van der Waals surface area contributed by atoms with E-state index in [1.807, 2.05) is 49.3 Å². The van der Waals surface area contributed by atoms with Crippen molar-refractivity contribution in [3.05, 3.63) is 66.2 Å². The van der Waals surface area contributed by atoms with Crippen LogP contribution >= 0.6 is 0 Å². The third-order valence-corrected chi connectivity index (χ3v) is 5.31. The van der Waals surface area contributed by atoms with Crippen molar-refractivity contribution < 1.29 is 23.7 Å². The molecule has 4 rings (SSSR count). The van der Waals surface area contributed by atoms with E-state index in [1.165, 1.54) is 0 Å². The van der Waals surface area contributed by atoms with E-state index in [0.29, 0.717) is 42.7 Å². The number of carbonyl (C=O) groups is 1. The number of hydrogen-bond acceptors (Lipinski definition) is 7. The number of para-hydroxylation sites is 1. The minimum absolute atomic E-state index is 0.183. The monoisotopic (exact) mass is 463 g/mol. The van der Waals surface area contributed by atoms with Gasteiger partial charge >= 0.3 is 0 Å². The van der Waals surface area contributed by atoms with Gasteiger partial charge in [0.25, 0.3) is 5.91 Å². The molecular formula is C26H29N3O5. The number of nitrogens with one attached hydrogen (secondary N) is 1. The second-order valence-corrected chi connectivity index (χ2v) is 8.14. The third-order valence-electron chi connectivity index (χ3n) is 5.31. The molecule has 1 aliphatic rings. The Morgan fingerprint density at radius 1 is 1.12 bits per heavy atom. The van der Waals surface area contributed by atoms with Crippen LogP contribution in [0.15, 0.2) is 60.7 Å². The van der Waals surface area contributed by atoms with Crippen molar-refractivity contribution in [1.29, 1.82) is 0 Å². The average Bonchev–Trinajstić information content (AvgIpc) is 2.87. The minimum atomic E-state index is -0.336. The predicted octanol–water partition coefficient (Wildman–Crippen LogP) is 3.27. The maximum absolute atomic E-state index is 12.6. The van der Waals surface area contributed by atoms with Gasteiger partial charge < -0.3 is 29.2 Å². The second kappa shape index (κ2) is 10.9. The van der Waals surface area contributed by atoms with Gasteiger partial charge in [0, 0.05) is 23.7 Å². The molecule has 0 radical (unpaired) electrons. The van der Waals surface area contributed by atoms with Gasteiger partial charge in [0.2, 0.25) is 5.88 Å². The summed E-state index contributed by atoms with van der Waals surface area (Å²) in [5, 5.41) is 2.93. The minimum Gasteiger partial charge on any atom is -0.492 e. The lowest BCUT2D eigenvalue weighted by Crippen LogP contribution is -2.40. The molecule has 0 aliphatic carbocycles. The molecular weight excluding hydrogens is 434 g/mol. The molecule has 1 atom stereocenters. The van der Waals surface area contributed by atoms with Crippen LogP contribution in [0, 0.1) is 0 Å². The molecule has 8 heteroatoms. The van der Waals surface area contributed by atoms with Crippen molar-refractivity contribution in [3.8, 4) is 34.4 Å². The standard InChI is InChI=1S/C26H29N3O5/c1-29(2)14-15-32-19-12-10-18(11-13-19)26(30)27-16-20-17-33-23-8-4-6-21(25(23)34-20)22-7-5-9-24(28-22)31-3/h4-13,20H,14-17H2,1-3H3,(H,27,30)/t20-/m1/s1. The van der Waals surface area contributed by atoms with Gasteiger partial charge in [-0.3, -0.25) is 4.79 Å². The molecule has 3 aromatic rings. The Labute approximate surface area is 199 Å². The zero-order chi connectivity index (χ0) is 23.9. The van der Waals surface area contributed by atoms with Crippen LogP contribution in [0.25, 0.3) is 11.3 Å². The zero-order valence-electron chi connectivity index (χ0n) is 19.6. The lowest BCUT2D eigenvalue weighted by Gasteiger charge is -2.28. The number of likely N-dealkylation sites (N-methyl/N-ethyl adjacent to an activating group) is 1. The first-order valence-corrected chi connectivity index (χ1v) is 11.1. The molecule has 1 N–H and O–H groups in total. The Kier molecular flexibility index (Phi) is 7.49. The number of fused-ring (bicyclic) bond motifs is 1. The first-order valence-electron chi connectivity index (χ1n) is 11.1. The summed E-state index contributed by atoms with van der Waals surface area (Å²) in [6, 6.07) is 18.3. The molecule has 2 aromatic carbocycles. The number of carbonyl (C=O) groups excluding carboxylic acids is 1. The van der Waals surface area contributed by atoms with Gasteiger partial charge in [-0.25, -0.2) is 4.98 Å². The number of methoxy groups -OCH3 is 1. The Hall–Kier alpha value is -3.78. The fourth-order valence-corrected chi connectivity index (χ4v) is 3.47. The summed E-state index contributed by atoms with van der Waals surface area (Å²) in [6.45, 7) is 2.05. The largest absolute Gasteiger partial charge is 0.492 e. The van der Waals surface area contributed by atoms with Crippen molar-refractivity contribution in [2.24, 2.45) is 0 Å². The zero-order valence-corrected chi connectivity index (χ0v) is 19.6. The Morgan fingerprint density at radius 2 is 1.91 bits per heavy atom. The molecule has 0 unspecified atom stereocenters. The predicted molar refractivity (Wildman–Crippen MR) is 129 cm³/mol. The molecule has 1 aliphatic heterocycles. The molecule has 178 valence electrons. The number of nitrogens with zero attached hydrogens (tertiary/aromatic N) is 2. The summed E-state index contributed by atoms with van der Waals surface area (Å²) in [4.78, 5) is 19.2. The van der Waals surface area contributed by atoms with Crippen molar-refractivity contribution in [1.82, 2.24) is 15.2 Å². The molecule has 0 bridgehead atoms. The maximum atomic E-state index is 12.6. The number of benzene rings is 2. The summed E-state index contributed by atoms with van der Waals surface area (Å²) < 4.78 is 23.0. The number of hydrogen-bond donors (Lipinski definition) is 1. The van der Waals surface area contributed by atoms with Crippen LogP contribution in [0.5, 0.6) is 23.1 Å². The van der Waals surface area contributed by atoms with E-state index >= 15 is 0 Å². The average molecular weight is 464 g/mol. The molecule has 2 heterocycles. The van der Waals surface area contributed by atoms with Crippen LogP contribution in [0.2, 0.25) is 0 Å². The maximum Gasteiger partial charge on any atom is 0.251 e. The number of amides is 1. The Bertz CT molecular complexity index is 1120. The normalized spacial score (nSPS) is 14.5. The number of pyridine rings is 1. The molecule has 0 saturated carbocycles. The highest BCUT2D eigenvalue weighted by Crippen LogP contribution is 2.40. The smallest absolute Gasteiger partial charge is 0.251 e. The van der Waals surface area contributed by atoms with Crippen LogP contribution in [-0.2, 0) is 0 Å². The number of aromatic nitrogens is 1. The summed E-state index contributed by atoms with van der Waals surface area (Å²) >= 11 is 0. The Balaban J connectivity index is 1.37. The SMILES string of the molecule is COc1cccc(-c2cccc3c2O[C@H](CNC(=O)c2ccc(OCCN(C)C)cc2)CO3)n1. The topological polar surface area (TPSA) is 82.2 Å². The van der Waals surface area contributed by atoms with Crippen LogP contribution in [0.3, 0.4) is 0 Å². The van der Waals surface area contributed by atoms with E-state index in [0.717, 1.165) is 23.6 Å². The molecule has 0 saturated heterocycles. The van der Waals surface area contributed by atoms with E-state index < -0.39 is 0 Å². The van der Waals surface area contributed by atoms with Crippen LogP contribution in [-0.4, -0.2) is 69.4 Å². The van der Waals surface area contributed by atoms with Crippen LogP contribution < -0.4 is 24.3 Å². The van der Waals surface area contributed by atoms with Gasteiger partial charge in [-0.05, 0) is 56.6 Å². The fourth-order valence-electron chi connectivity index (χ4n) is 3.47. The summed E-state index contributed by atoms with van der Waals surface area (Å²) in [5.74, 6) is 2.32. The van der Waals surface area contributed by atoms with Gasteiger partial charge in [0.05, 0.1) is 19.3 Å². The van der Waals surface area contributed by atoms with Crippen LogP contribution in [0.1, 0.15) is 10.4 Å². The highest BCUT2D eigenvalue weighted by atomic mass is 16.6. The molecule has 1 amide bonds. The Morgan fingerprint density at radius 3 is 2.68 bits per heavy atom. The van der Waals surface area contributed by atoms with Gasteiger partial charge in [-0.2, -0.15) is 0 Å². The first-order chi connectivity index (χ1) is 16.5.